The third-order valence-corrected chi connectivity index (χ3v) is 2.62. The maximum atomic E-state index is 3.44. The first-order valence-electron chi connectivity index (χ1n) is 5.70. The number of nitrogens with one attached hydrogen (secondary N) is 1. The summed E-state index contributed by atoms with van der Waals surface area (Å²) in [6, 6.07) is 0.730. The van der Waals surface area contributed by atoms with Crippen LogP contribution in [0.2, 0.25) is 0 Å². The minimum atomic E-state index is 0.730. The second kappa shape index (κ2) is 8.52. The third-order valence-electron chi connectivity index (χ3n) is 2.62. The molecule has 0 amide bonds. The first-order valence-corrected chi connectivity index (χ1v) is 5.70. The molecule has 1 atom stereocenters. The molecule has 0 saturated carbocycles. The van der Waals surface area contributed by atoms with Crippen molar-refractivity contribution in [1.82, 2.24) is 10.2 Å². The van der Waals surface area contributed by atoms with Gasteiger partial charge in [-0.2, -0.15) is 0 Å². The van der Waals surface area contributed by atoms with E-state index in [1.54, 1.807) is 0 Å². The molecule has 0 aromatic carbocycles. The SMILES string of the molecule is CCCNCCN(CC)C(C)CC. The van der Waals surface area contributed by atoms with Crippen molar-refractivity contribution in [3.05, 3.63) is 0 Å². The summed E-state index contributed by atoms with van der Waals surface area (Å²) < 4.78 is 0. The molecule has 0 aromatic heterocycles. The molecule has 0 saturated heterocycles. The second-order valence-electron chi connectivity index (χ2n) is 3.64. The molecule has 0 aliphatic heterocycles. The standard InChI is InChI=1S/C11H26N2/c1-5-8-12-9-10-13(7-3)11(4)6-2/h11-12H,5-10H2,1-4H3. The molecular weight excluding hydrogens is 160 g/mol. The van der Waals surface area contributed by atoms with Gasteiger partial charge in [-0.05, 0) is 32.9 Å². The van der Waals surface area contributed by atoms with Crippen LogP contribution in [0.1, 0.15) is 40.5 Å². The molecule has 0 aliphatic rings. The Morgan fingerprint density at radius 2 is 1.85 bits per heavy atom. The zero-order chi connectivity index (χ0) is 10.1. The van der Waals surface area contributed by atoms with Gasteiger partial charge in [0, 0.05) is 19.1 Å². The van der Waals surface area contributed by atoms with Gasteiger partial charge in [-0.25, -0.2) is 0 Å². The summed E-state index contributed by atoms with van der Waals surface area (Å²) in [7, 11) is 0. The van der Waals surface area contributed by atoms with Crippen molar-refractivity contribution in [1.29, 1.82) is 0 Å². The van der Waals surface area contributed by atoms with E-state index in [4.69, 9.17) is 0 Å². The van der Waals surface area contributed by atoms with Crippen LogP contribution >= 0.6 is 0 Å². The summed E-state index contributed by atoms with van der Waals surface area (Å²) in [5.74, 6) is 0. The average Bonchev–Trinajstić information content (AvgIpc) is 2.17. The molecule has 0 spiro atoms. The predicted octanol–water partition coefficient (Wildman–Crippen LogP) is 2.11. The Labute approximate surface area is 83.7 Å². The number of hydrogen-bond donors (Lipinski definition) is 1. The Kier molecular flexibility index (Phi) is 8.46. The van der Waals surface area contributed by atoms with Crippen molar-refractivity contribution in [3.63, 3.8) is 0 Å². The molecule has 0 aliphatic carbocycles. The molecule has 2 heteroatoms. The first-order chi connectivity index (χ1) is 6.26. The van der Waals surface area contributed by atoms with Crippen LogP contribution in [0.4, 0.5) is 0 Å². The molecule has 80 valence electrons. The summed E-state index contributed by atoms with van der Waals surface area (Å²) in [6.45, 7) is 13.7. The second-order valence-corrected chi connectivity index (χ2v) is 3.64. The van der Waals surface area contributed by atoms with Gasteiger partial charge in [-0.1, -0.05) is 20.8 Å². The van der Waals surface area contributed by atoms with E-state index in [2.05, 4.69) is 37.9 Å². The van der Waals surface area contributed by atoms with Gasteiger partial charge in [0.05, 0.1) is 0 Å². The van der Waals surface area contributed by atoms with Crippen molar-refractivity contribution in [2.24, 2.45) is 0 Å². The lowest BCUT2D eigenvalue weighted by Crippen LogP contribution is -2.38. The van der Waals surface area contributed by atoms with Crippen LogP contribution in [-0.4, -0.2) is 37.1 Å². The molecule has 0 fully saturated rings. The smallest absolute Gasteiger partial charge is 0.0110 e. The van der Waals surface area contributed by atoms with Gasteiger partial charge in [0.2, 0.25) is 0 Å². The van der Waals surface area contributed by atoms with Gasteiger partial charge >= 0.3 is 0 Å². The zero-order valence-corrected chi connectivity index (χ0v) is 9.77. The minimum absolute atomic E-state index is 0.730. The predicted molar refractivity (Wildman–Crippen MR) is 60.2 cm³/mol. The van der Waals surface area contributed by atoms with Crippen LogP contribution in [0.3, 0.4) is 0 Å². The fourth-order valence-corrected chi connectivity index (χ4v) is 1.47. The summed E-state index contributed by atoms with van der Waals surface area (Å²) >= 11 is 0. The third kappa shape index (κ3) is 6.05. The summed E-state index contributed by atoms with van der Waals surface area (Å²) in [5, 5.41) is 3.44. The monoisotopic (exact) mass is 186 g/mol. The molecule has 1 unspecified atom stereocenters. The van der Waals surface area contributed by atoms with Crippen LogP contribution in [0.15, 0.2) is 0 Å². The fourth-order valence-electron chi connectivity index (χ4n) is 1.47. The van der Waals surface area contributed by atoms with Gasteiger partial charge in [-0.3, -0.25) is 4.90 Å². The van der Waals surface area contributed by atoms with Crippen molar-refractivity contribution < 1.29 is 0 Å². The molecule has 0 heterocycles. The number of likely N-dealkylation sites (N-methyl/N-ethyl adjacent to an activating group) is 1. The minimum Gasteiger partial charge on any atom is -0.315 e. The van der Waals surface area contributed by atoms with E-state index in [0.717, 1.165) is 19.1 Å². The first kappa shape index (κ1) is 12.9. The van der Waals surface area contributed by atoms with Crippen molar-refractivity contribution in [2.75, 3.05) is 26.2 Å². The van der Waals surface area contributed by atoms with E-state index in [0.29, 0.717) is 0 Å². The Morgan fingerprint density at radius 3 is 2.31 bits per heavy atom. The molecule has 0 radical (unpaired) electrons. The summed E-state index contributed by atoms with van der Waals surface area (Å²) in [5.41, 5.74) is 0. The maximum Gasteiger partial charge on any atom is 0.0110 e. The van der Waals surface area contributed by atoms with E-state index in [9.17, 15) is 0 Å². The Morgan fingerprint density at radius 1 is 1.15 bits per heavy atom. The summed E-state index contributed by atoms with van der Waals surface area (Å²) in [6.07, 6.45) is 2.48. The Hall–Kier alpha value is -0.0800. The van der Waals surface area contributed by atoms with Gasteiger partial charge in [0.25, 0.3) is 0 Å². The number of hydrogen-bond acceptors (Lipinski definition) is 2. The van der Waals surface area contributed by atoms with Crippen LogP contribution in [0.5, 0.6) is 0 Å². The van der Waals surface area contributed by atoms with Crippen molar-refractivity contribution in [2.45, 2.75) is 46.6 Å². The van der Waals surface area contributed by atoms with E-state index in [1.165, 1.54) is 25.9 Å². The normalized spacial score (nSPS) is 13.6. The highest BCUT2D eigenvalue weighted by Gasteiger charge is 2.08. The topological polar surface area (TPSA) is 15.3 Å². The van der Waals surface area contributed by atoms with Crippen molar-refractivity contribution >= 4 is 0 Å². The average molecular weight is 186 g/mol. The fraction of sp³-hybridized carbons (Fsp3) is 1.00. The molecular formula is C11H26N2. The van der Waals surface area contributed by atoms with E-state index >= 15 is 0 Å². The highest BCUT2D eigenvalue weighted by Crippen LogP contribution is 2.01. The number of nitrogens with zero attached hydrogens (tertiary/aromatic N) is 1. The van der Waals surface area contributed by atoms with Gasteiger partial charge in [0.15, 0.2) is 0 Å². The Balaban J connectivity index is 3.47. The number of rotatable bonds is 8. The van der Waals surface area contributed by atoms with E-state index in [-0.39, 0.29) is 0 Å². The van der Waals surface area contributed by atoms with E-state index in [1.807, 2.05) is 0 Å². The molecule has 2 nitrogen and oxygen atoms in total. The highest BCUT2D eigenvalue weighted by atomic mass is 15.2. The molecule has 0 aromatic rings. The molecule has 0 bridgehead atoms. The van der Waals surface area contributed by atoms with Crippen LogP contribution < -0.4 is 5.32 Å². The lowest BCUT2D eigenvalue weighted by atomic mass is 10.2. The maximum absolute atomic E-state index is 3.44. The van der Waals surface area contributed by atoms with Crippen molar-refractivity contribution in [3.8, 4) is 0 Å². The molecule has 1 N–H and O–H groups in total. The van der Waals surface area contributed by atoms with Gasteiger partial charge in [-0.15, -0.1) is 0 Å². The van der Waals surface area contributed by atoms with Crippen LogP contribution in [0, 0.1) is 0 Å². The van der Waals surface area contributed by atoms with E-state index < -0.39 is 0 Å². The lowest BCUT2D eigenvalue weighted by molar-refractivity contribution is 0.215. The lowest BCUT2D eigenvalue weighted by Gasteiger charge is -2.26. The zero-order valence-electron chi connectivity index (χ0n) is 9.77. The Bertz CT molecular complexity index is 104. The highest BCUT2D eigenvalue weighted by molar-refractivity contribution is 4.64. The molecule has 13 heavy (non-hydrogen) atoms. The summed E-state index contributed by atoms with van der Waals surface area (Å²) in [4.78, 5) is 2.53. The van der Waals surface area contributed by atoms with Crippen LogP contribution in [-0.2, 0) is 0 Å². The van der Waals surface area contributed by atoms with Gasteiger partial charge in [0.1, 0.15) is 0 Å². The van der Waals surface area contributed by atoms with Crippen LogP contribution in [0.25, 0.3) is 0 Å². The largest absolute Gasteiger partial charge is 0.315 e. The molecule has 0 rings (SSSR count). The van der Waals surface area contributed by atoms with Gasteiger partial charge < -0.3 is 5.32 Å². The quantitative estimate of drug-likeness (QED) is 0.584.